The monoisotopic (exact) mass is 666 g/mol. The number of amides is 1. The van der Waals surface area contributed by atoms with Crippen molar-refractivity contribution < 1.29 is 14.7 Å². The molecule has 15 nitrogen and oxygen atoms in total. The van der Waals surface area contributed by atoms with Gasteiger partial charge in [-0.25, -0.2) is 19.9 Å². The van der Waals surface area contributed by atoms with E-state index in [9.17, 15) is 9.59 Å². The zero-order valence-corrected chi connectivity index (χ0v) is 27.6. The predicted octanol–water partition coefficient (Wildman–Crippen LogP) is 3.21. The molecule has 2 aliphatic heterocycles. The number of H-pyrrole nitrogens is 2. The van der Waals surface area contributed by atoms with Crippen molar-refractivity contribution in [1.29, 1.82) is 10.5 Å². The van der Waals surface area contributed by atoms with Gasteiger partial charge < -0.3 is 35.1 Å². The van der Waals surface area contributed by atoms with Gasteiger partial charge in [0.05, 0.1) is 29.3 Å². The number of hydrogen-bond acceptors (Lipinski definition) is 11. The largest absolute Gasteiger partial charge is 0.481 e. The van der Waals surface area contributed by atoms with Crippen LogP contribution in [0.1, 0.15) is 51.4 Å². The molecule has 0 atom stereocenters. The van der Waals surface area contributed by atoms with Crippen molar-refractivity contribution in [1.82, 2.24) is 40.1 Å². The summed E-state index contributed by atoms with van der Waals surface area (Å²) in [6.07, 6.45) is 12.7. The van der Waals surface area contributed by atoms with Gasteiger partial charge in [-0.2, -0.15) is 10.5 Å². The maximum Gasteiger partial charge on any atom is 0.304 e. The lowest BCUT2D eigenvalue weighted by molar-refractivity contribution is -0.137. The number of nitriles is 2. The summed E-state index contributed by atoms with van der Waals surface area (Å²) in [4.78, 5) is 52.5. The van der Waals surface area contributed by atoms with Crippen molar-refractivity contribution in [3.63, 3.8) is 0 Å². The summed E-state index contributed by atoms with van der Waals surface area (Å²) in [7, 11) is 0. The van der Waals surface area contributed by atoms with Gasteiger partial charge in [0.15, 0.2) is 0 Å². The Kier molecular flexibility index (Phi) is 10.2. The minimum Gasteiger partial charge on any atom is -0.481 e. The van der Waals surface area contributed by atoms with Crippen LogP contribution in [-0.2, 0) is 9.59 Å². The Hall–Kier alpha value is -5.28. The SMILES string of the molecule is N#CCCC(=O)N1CCN(c2ncnc3[nH]ccc23)CC2(CC2)C1.N#CCCC(=O)O.c1nc(N2CCNCC3(CC3)C2)c2cc[nH]c2n1. The average molecular weight is 667 g/mol. The van der Waals surface area contributed by atoms with E-state index in [4.69, 9.17) is 15.6 Å². The van der Waals surface area contributed by atoms with E-state index in [1.54, 1.807) is 18.7 Å². The van der Waals surface area contributed by atoms with Crippen LogP contribution in [0.15, 0.2) is 37.2 Å². The molecule has 0 unspecified atom stereocenters. The highest BCUT2D eigenvalue weighted by Gasteiger charge is 2.48. The first-order valence-electron chi connectivity index (χ1n) is 16.8. The van der Waals surface area contributed by atoms with Gasteiger partial charge in [0.1, 0.15) is 35.6 Å². The van der Waals surface area contributed by atoms with Gasteiger partial charge in [-0.05, 0) is 37.8 Å². The van der Waals surface area contributed by atoms with E-state index in [1.807, 2.05) is 23.4 Å². The van der Waals surface area contributed by atoms with Gasteiger partial charge in [-0.15, -0.1) is 0 Å². The molecule has 1 amide bonds. The minimum absolute atomic E-state index is 0.0451. The fraction of sp³-hybridized carbons (Fsp3) is 0.529. The number of nitrogens with zero attached hydrogens (tertiary/aromatic N) is 9. The number of aliphatic carboxylic acids is 1. The van der Waals surface area contributed by atoms with E-state index in [1.165, 1.54) is 12.8 Å². The van der Waals surface area contributed by atoms with Crippen molar-refractivity contribution in [2.24, 2.45) is 10.8 Å². The molecule has 2 aliphatic carbocycles. The molecule has 8 rings (SSSR count). The number of carbonyl (C=O) groups excluding carboxylic acids is 1. The Morgan fingerprint density at radius 1 is 0.776 bits per heavy atom. The standard InChI is InChI=1S/C17H20N6O.C13H17N5.C4H5NO2/c18-6-1-2-14(24)22-8-9-23(11-17(10-22)4-5-17)16-13-3-7-19-15(13)20-12-21-16;1-4-15-11-10(1)12(17-9-16-11)18-6-5-14-7-13(8-18)2-3-13;5-3-1-2-4(6)7/h3,7,12H,1-2,4-5,8-11H2,(H,19,20,21);1,4,9,14H,2-3,5-8H2,(H,15,16,17);1-2H2,(H,6,7). The summed E-state index contributed by atoms with van der Waals surface area (Å²) in [5, 5.41) is 30.1. The van der Waals surface area contributed by atoms with Gasteiger partial charge in [0.2, 0.25) is 5.91 Å². The second-order valence-electron chi connectivity index (χ2n) is 13.4. The third-order valence-electron chi connectivity index (χ3n) is 9.71. The van der Waals surface area contributed by atoms with E-state index < -0.39 is 5.97 Å². The van der Waals surface area contributed by atoms with Crippen molar-refractivity contribution in [3.8, 4) is 12.1 Å². The van der Waals surface area contributed by atoms with Crippen molar-refractivity contribution in [2.45, 2.75) is 51.4 Å². The first-order chi connectivity index (χ1) is 23.8. The van der Waals surface area contributed by atoms with Crippen LogP contribution in [0.5, 0.6) is 0 Å². The second-order valence-corrected chi connectivity index (χ2v) is 13.4. The number of hydrogen-bond donors (Lipinski definition) is 4. The fourth-order valence-electron chi connectivity index (χ4n) is 6.65. The summed E-state index contributed by atoms with van der Waals surface area (Å²) in [5.74, 6) is 1.20. The van der Waals surface area contributed by atoms with Crippen molar-refractivity contribution in [3.05, 3.63) is 37.2 Å². The van der Waals surface area contributed by atoms with Crippen LogP contribution in [-0.4, -0.2) is 104 Å². The highest BCUT2D eigenvalue weighted by molar-refractivity contribution is 5.88. The number of rotatable bonds is 6. The van der Waals surface area contributed by atoms with E-state index in [2.05, 4.69) is 57.2 Å². The number of nitrogens with one attached hydrogen (secondary N) is 3. The number of fused-ring (bicyclic) bond motifs is 2. The number of aromatic amines is 2. The lowest BCUT2D eigenvalue weighted by Crippen LogP contribution is -2.36. The molecule has 4 aromatic rings. The van der Waals surface area contributed by atoms with Crippen LogP contribution in [0.2, 0.25) is 0 Å². The minimum atomic E-state index is -0.915. The topological polar surface area (TPSA) is 207 Å². The summed E-state index contributed by atoms with van der Waals surface area (Å²) >= 11 is 0. The summed E-state index contributed by atoms with van der Waals surface area (Å²) in [6, 6.07) is 7.86. The van der Waals surface area contributed by atoms with E-state index in [-0.39, 0.29) is 24.2 Å². The van der Waals surface area contributed by atoms with Crippen LogP contribution in [0.4, 0.5) is 11.6 Å². The number of anilines is 2. The number of carboxylic acid groups (broad SMARTS) is 1. The lowest BCUT2D eigenvalue weighted by Gasteiger charge is -2.25. The second kappa shape index (κ2) is 14.9. The van der Waals surface area contributed by atoms with Gasteiger partial charge in [-0.1, -0.05) is 0 Å². The summed E-state index contributed by atoms with van der Waals surface area (Å²) in [6.45, 7) is 7.51. The first-order valence-corrected chi connectivity index (χ1v) is 16.8. The molecule has 49 heavy (non-hydrogen) atoms. The van der Waals surface area contributed by atoms with Gasteiger partial charge in [0.25, 0.3) is 0 Å². The highest BCUT2D eigenvalue weighted by Crippen LogP contribution is 2.49. The Balaban J connectivity index is 0.000000147. The molecular weight excluding hydrogens is 624 g/mol. The molecule has 15 heteroatoms. The predicted molar refractivity (Wildman–Crippen MR) is 182 cm³/mol. The smallest absolute Gasteiger partial charge is 0.304 e. The Morgan fingerprint density at radius 2 is 1.35 bits per heavy atom. The molecule has 4 aromatic heterocycles. The van der Waals surface area contributed by atoms with Crippen LogP contribution < -0.4 is 15.1 Å². The maximum absolute atomic E-state index is 12.4. The van der Waals surface area contributed by atoms with Crippen molar-refractivity contribution in [2.75, 3.05) is 62.2 Å². The quantitative estimate of drug-likeness (QED) is 0.234. The van der Waals surface area contributed by atoms with Crippen molar-refractivity contribution >= 4 is 45.6 Å². The first kappa shape index (κ1) is 33.6. The van der Waals surface area contributed by atoms with Gasteiger partial charge in [-0.3, -0.25) is 9.59 Å². The maximum atomic E-state index is 12.4. The Morgan fingerprint density at radius 3 is 1.90 bits per heavy atom. The molecule has 2 saturated heterocycles. The Bertz CT molecular complexity index is 1850. The van der Waals surface area contributed by atoms with E-state index in [0.29, 0.717) is 24.8 Å². The Labute approximate surface area is 284 Å². The molecule has 256 valence electrons. The third-order valence-corrected chi connectivity index (χ3v) is 9.71. The molecule has 6 heterocycles. The van der Waals surface area contributed by atoms with Crippen LogP contribution >= 0.6 is 0 Å². The van der Waals surface area contributed by atoms with E-state index in [0.717, 1.165) is 92.4 Å². The highest BCUT2D eigenvalue weighted by atomic mass is 16.4. The normalized spacial score (nSPS) is 18.7. The number of carboxylic acids is 1. The average Bonchev–Trinajstić information content (AvgIpc) is 3.98. The molecule has 2 spiro atoms. The third kappa shape index (κ3) is 8.24. The molecular formula is C34H42N12O3. The molecule has 0 bridgehead atoms. The zero-order chi connectivity index (χ0) is 34.3. The molecule has 0 radical (unpaired) electrons. The molecule has 4 aliphatic rings. The van der Waals surface area contributed by atoms with Crippen LogP contribution in [0, 0.1) is 33.5 Å². The number of carbonyl (C=O) groups is 2. The molecule has 2 saturated carbocycles. The molecule has 0 aromatic carbocycles. The lowest BCUT2D eigenvalue weighted by atomic mass is 10.1. The van der Waals surface area contributed by atoms with Gasteiger partial charge >= 0.3 is 5.97 Å². The number of aromatic nitrogens is 6. The van der Waals surface area contributed by atoms with E-state index >= 15 is 0 Å². The zero-order valence-electron chi connectivity index (χ0n) is 27.6. The summed E-state index contributed by atoms with van der Waals surface area (Å²) < 4.78 is 0. The van der Waals surface area contributed by atoms with Crippen LogP contribution in [0.3, 0.4) is 0 Å². The van der Waals surface area contributed by atoms with Gasteiger partial charge in [0, 0.05) is 94.8 Å². The van der Waals surface area contributed by atoms with Crippen LogP contribution in [0.25, 0.3) is 22.1 Å². The molecule has 4 fully saturated rings. The summed E-state index contributed by atoms with van der Waals surface area (Å²) in [5.41, 5.74) is 2.47. The fourth-order valence-corrected chi connectivity index (χ4v) is 6.65. The molecule has 4 N–H and O–H groups in total.